The van der Waals surface area contributed by atoms with Crippen molar-refractivity contribution in [2.24, 2.45) is 0 Å². The molecular weight excluding hydrogens is 231 g/mol. The van der Waals surface area contributed by atoms with Crippen molar-refractivity contribution in [1.82, 2.24) is 0 Å². The molecule has 1 aromatic carbocycles. The number of rotatable bonds is 2. The largest absolute Gasteiger partial charge is 0.481 e. The predicted molar refractivity (Wildman–Crippen MR) is 59.4 cm³/mol. The molecule has 1 saturated carbocycles. The summed E-state index contributed by atoms with van der Waals surface area (Å²) in [5.41, 5.74) is 0.404. The van der Waals surface area contributed by atoms with Gasteiger partial charge in [-0.2, -0.15) is 0 Å². The Morgan fingerprint density at radius 1 is 1.44 bits per heavy atom. The maximum Gasteiger partial charge on any atom is 0.314 e. The van der Waals surface area contributed by atoms with Gasteiger partial charge in [0.1, 0.15) is 5.82 Å². The smallest absolute Gasteiger partial charge is 0.314 e. The van der Waals surface area contributed by atoms with E-state index in [2.05, 4.69) is 0 Å². The zero-order chi connectivity index (χ0) is 12.1. The van der Waals surface area contributed by atoms with Gasteiger partial charge in [-0.15, -0.1) is 0 Å². The fraction of sp³-hybridized carbons (Fsp3) is 0.417. The van der Waals surface area contributed by atoms with Crippen molar-refractivity contribution in [3.05, 3.63) is 33.6 Å². The van der Waals surface area contributed by atoms with Crippen molar-refractivity contribution >= 4 is 17.6 Å². The molecule has 0 saturated heterocycles. The van der Waals surface area contributed by atoms with Crippen molar-refractivity contribution in [3.8, 4) is 0 Å². The summed E-state index contributed by atoms with van der Waals surface area (Å²) >= 11 is 5.90. The first-order valence-corrected chi connectivity index (χ1v) is 5.47. The number of benzene rings is 1. The van der Waals surface area contributed by atoms with E-state index in [1.165, 1.54) is 0 Å². The fourth-order valence-corrected chi connectivity index (χ4v) is 2.26. The van der Waals surface area contributed by atoms with Gasteiger partial charge in [0.05, 0.1) is 5.41 Å². The first-order valence-electron chi connectivity index (χ1n) is 5.09. The number of halogens is 2. The van der Waals surface area contributed by atoms with E-state index in [9.17, 15) is 9.18 Å². The molecule has 1 aliphatic rings. The third-order valence-electron chi connectivity index (χ3n) is 3.37. The Kier molecular flexibility index (Phi) is 2.46. The summed E-state index contributed by atoms with van der Waals surface area (Å²) in [6.45, 7) is 3.20. The second-order valence-electron chi connectivity index (χ2n) is 4.36. The maximum absolute atomic E-state index is 13.8. The van der Waals surface area contributed by atoms with E-state index < -0.39 is 17.2 Å². The topological polar surface area (TPSA) is 37.3 Å². The van der Waals surface area contributed by atoms with Gasteiger partial charge in [-0.05, 0) is 43.9 Å². The van der Waals surface area contributed by atoms with Crippen LogP contribution in [0.15, 0.2) is 6.07 Å². The quantitative estimate of drug-likeness (QED) is 0.865. The Morgan fingerprint density at radius 2 is 2.00 bits per heavy atom. The third-order valence-corrected chi connectivity index (χ3v) is 3.76. The molecule has 1 N–H and O–H groups in total. The molecule has 0 aliphatic heterocycles. The lowest BCUT2D eigenvalue weighted by atomic mass is 9.90. The Bertz CT molecular complexity index is 478. The lowest BCUT2D eigenvalue weighted by Gasteiger charge is -2.16. The first kappa shape index (κ1) is 11.4. The van der Waals surface area contributed by atoms with Gasteiger partial charge in [0.2, 0.25) is 0 Å². The van der Waals surface area contributed by atoms with E-state index in [1.54, 1.807) is 19.9 Å². The minimum absolute atomic E-state index is 0.297. The van der Waals surface area contributed by atoms with Gasteiger partial charge in [0, 0.05) is 10.6 Å². The second kappa shape index (κ2) is 3.45. The van der Waals surface area contributed by atoms with Crippen LogP contribution in [0.4, 0.5) is 4.39 Å². The third kappa shape index (κ3) is 1.42. The molecule has 16 heavy (non-hydrogen) atoms. The van der Waals surface area contributed by atoms with Crippen LogP contribution in [0.3, 0.4) is 0 Å². The van der Waals surface area contributed by atoms with Crippen LogP contribution in [0.1, 0.15) is 29.5 Å². The summed E-state index contributed by atoms with van der Waals surface area (Å²) in [6, 6.07) is 1.59. The highest BCUT2D eigenvalue weighted by molar-refractivity contribution is 6.31. The van der Waals surface area contributed by atoms with Crippen molar-refractivity contribution in [2.45, 2.75) is 32.1 Å². The lowest BCUT2D eigenvalue weighted by molar-refractivity contribution is -0.140. The summed E-state index contributed by atoms with van der Waals surface area (Å²) in [5.74, 6) is -1.29. The van der Waals surface area contributed by atoms with Crippen LogP contribution < -0.4 is 0 Å². The highest BCUT2D eigenvalue weighted by atomic mass is 35.5. The molecule has 2 nitrogen and oxygen atoms in total. The molecular formula is C12H12ClFO2. The predicted octanol–water partition coefficient (Wildman–Crippen LogP) is 3.21. The lowest BCUT2D eigenvalue weighted by Crippen LogP contribution is -2.21. The molecule has 4 heteroatoms. The van der Waals surface area contributed by atoms with Crippen LogP contribution in [0.25, 0.3) is 0 Å². The summed E-state index contributed by atoms with van der Waals surface area (Å²) in [4.78, 5) is 11.2. The average Bonchev–Trinajstić information content (AvgIpc) is 3.01. The van der Waals surface area contributed by atoms with Gasteiger partial charge in [-0.25, -0.2) is 4.39 Å². The molecule has 0 amide bonds. The Morgan fingerprint density at radius 3 is 2.44 bits per heavy atom. The highest BCUT2D eigenvalue weighted by Gasteiger charge is 2.53. The van der Waals surface area contributed by atoms with Gasteiger partial charge in [0.15, 0.2) is 0 Å². The molecule has 0 unspecified atom stereocenters. The number of carboxylic acid groups (broad SMARTS) is 1. The molecule has 0 radical (unpaired) electrons. The zero-order valence-electron chi connectivity index (χ0n) is 9.10. The molecule has 2 rings (SSSR count). The molecule has 0 atom stereocenters. The van der Waals surface area contributed by atoms with Gasteiger partial charge in [-0.1, -0.05) is 11.6 Å². The average molecular weight is 243 g/mol. The van der Waals surface area contributed by atoms with Crippen LogP contribution in [-0.4, -0.2) is 11.1 Å². The standard InChI is InChI=1S/C12H12ClFO2/c1-6-8(12(3-4-12)11(15)16)5-9(13)7(2)10(6)14/h5H,3-4H2,1-2H3,(H,15,16). The Hall–Kier alpha value is -1.09. The molecule has 1 aliphatic carbocycles. The summed E-state index contributed by atoms with van der Waals surface area (Å²) < 4.78 is 13.8. The maximum atomic E-state index is 13.8. The summed E-state index contributed by atoms with van der Waals surface area (Å²) in [6.07, 6.45) is 1.12. The SMILES string of the molecule is Cc1c(Cl)cc(C2(C(=O)O)CC2)c(C)c1F. The van der Waals surface area contributed by atoms with Crippen molar-refractivity contribution in [1.29, 1.82) is 0 Å². The minimum Gasteiger partial charge on any atom is -0.481 e. The number of hydrogen-bond acceptors (Lipinski definition) is 1. The number of carboxylic acids is 1. The van der Waals surface area contributed by atoms with Crippen LogP contribution in [0.5, 0.6) is 0 Å². The van der Waals surface area contributed by atoms with Crippen molar-refractivity contribution in [3.63, 3.8) is 0 Å². The van der Waals surface area contributed by atoms with E-state index in [0.717, 1.165) is 0 Å². The van der Waals surface area contributed by atoms with Gasteiger partial charge in [-0.3, -0.25) is 4.79 Å². The monoisotopic (exact) mass is 242 g/mol. The summed E-state index contributed by atoms with van der Waals surface area (Å²) in [7, 11) is 0. The Balaban J connectivity index is 2.63. The second-order valence-corrected chi connectivity index (χ2v) is 4.76. The first-order chi connectivity index (χ1) is 7.40. The Labute approximate surface area is 98.0 Å². The molecule has 1 aromatic rings. The van der Waals surface area contributed by atoms with E-state index in [1.807, 2.05) is 0 Å². The van der Waals surface area contributed by atoms with E-state index in [-0.39, 0.29) is 0 Å². The van der Waals surface area contributed by atoms with Crippen LogP contribution in [0.2, 0.25) is 5.02 Å². The molecule has 1 fully saturated rings. The molecule has 0 bridgehead atoms. The van der Waals surface area contributed by atoms with E-state index >= 15 is 0 Å². The molecule has 0 heterocycles. The molecule has 86 valence electrons. The number of carbonyl (C=O) groups is 1. The van der Waals surface area contributed by atoms with E-state index in [4.69, 9.17) is 16.7 Å². The van der Waals surface area contributed by atoms with E-state index in [0.29, 0.717) is 34.6 Å². The van der Waals surface area contributed by atoms with Gasteiger partial charge in [0.25, 0.3) is 0 Å². The zero-order valence-corrected chi connectivity index (χ0v) is 9.86. The highest BCUT2D eigenvalue weighted by Crippen LogP contribution is 2.50. The normalized spacial score (nSPS) is 17.2. The van der Waals surface area contributed by atoms with Gasteiger partial charge >= 0.3 is 5.97 Å². The van der Waals surface area contributed by atoms with Crippen molar-refractivity contribution in [2.75, 3.05) is 0 Å². The summed E-state index contributed by atoms with van der Waals surface area (Å²) in [5, 5.41) is 9.46. The molecule has 0 aromatic heterocycles. The van der Waals surface area contributed by atoms with Crippen LogP contribution in [0, 0.1) is 19.7 Å². The van der Waals surface area contributed by atoms with Crippen molar-refractivity contribution < 1.29 is 14.3 Å². The number of aliphatic carboxylic acids is 1. The van der Waals surface area contributed by atoms with Gasteiger partial charge < -0.3 is 5.11 Å². The van der Waals surface area contributed by atoms with Crippen LogP contribution >= 0.6 is 11.6 Å². The number of hydrogen-bond donors (Lipinski definition) is 1. The van der Waals surface area contributed by atoms with Crippen LogP contribution in [-0.2, 0) is 10.2 Å². The fourth-order valence-electron chi connectivity index (χ4n) is 2.07. The molecule has 0 spiro atoms. The minimum atomic E-state index is -0.901.